The molecular formula is C18H20N2. The van der Waals surface area contributed by atoms with Crippen molar-refractivity contribution in [2.75, 3.05) is 19.6 Å². The first-order valence-electron chi connectivity index (χ1n) is 7.60. The molecule has 2 unspecified atom stereocenters. The van der Waals surface area contributed by atoms with Crippen LogP contribution < -0.4 is 0 Å². The second kappa shape index (κ2) is 4.71. The Labute approximate surface area is 120 Å². The standard InChI is InChI=1S/C18H20N2/c1-2-5-15(6-3-1)17-8-7-16(13-19-17)18-9-4-11-20(14-18)12-10-18/h1-3,5-8,13H,4,9-12,14H2. The van der Waals surface area contributed by atoms with E-state index in [2.05, 4.69) is 47.5 Å². The summed E-state index contributed by atoms with van der Waals surface area (Å²) in [7, 11) is 0. The zero-order valence-electron chi connectivity index (χ0n) is 11.8. The van der Waals surface area contributed by atoms with Crippen LogP contribution in [-0.2, 0) is 5.41 Å². The summed E-state index contributed by atoms with van der Waals surface area (Å²) >= 11 is 0. The Morgan fingerprint density at radius 3 is 2.65 bits per heavy atom. The molecule has 2 saturated heterocycles. The quantitative estimate of drug-likeness (QED) is 0.825. The zero-order chi connectivity index (χ0) is 13.4. The Kier molecular flexibility index (Phi) is 2.85. The molecule has 0 N–H and O–H groups in total. The predicted octanol–water partition coefficient (Wildman–Crippen LogP) is 3.49. The minimum absolute atomic E-state index is 0.389. The molecule has 0 saturated carbocycles. The number of aromatic nitrogens is 1. The fraction of sp³-hybridized carbons (Fsp3) is 0.389. The summed E-state index contributed by atoms with van der Waals surface area (Å²) in [5.41, 5.74) is 4.12. The van der Waals surface area contributed by atoms with E-state index >= 15 is 0 Å². The highest BCUT2D eigenvalue weighted by Gasteiger charge is 2.42. The Morgan fingerprint density at radius 2 is 1.85 bits per heavy atom. The minimum Gasteiger partial charge on any atom is -0.302 e. The lowest BCUT2D eigenvalue weighted by Crippen LogP contribution is -2.36. The molecule has 0 spiro atoms. The van der Waals surface area contributed by atoms with Crippen molar-refractivity contribution in [3.05, 3.63) is 54.2 Å². The van der Waals surface area contributed by atoms with Gasteiger partial charge in [-0.1, -0.05) is 36.4 Å². The number of benzene rings is 1. The third kappa shape index (κ3) is 1.95. The van der Waals surface area contributed by atoms with Crippen LogP contribution >= 0.6 is 0 Å². The summed E-state index contributed by atoms with van der Waals surface area (Å²) in [5, 5.41) is 0. The van der Waals surface area contributed by atoms with Crippen LogP contribution in [0.4, 0.5) is 0 Å². The topological polar surface area (TPSA) is 16.1 Å². The van der Waals surface area contributed by atoms with E-state index in [0.717, 1.165) is 5.69 Å². The van der Waals surface area contributed by atoms with Gasteiger partial charge in [-0.15, -0.1) is 0 Å². The van der Waals surface area contributed by atoms with E-state index in [4.69, 9.17) is 4.98 Å². The van der Waals surface area contributed by atoms with Gasteiger partial charge in [0, 0.05) is 23.7 Å². The summed E-state index contributed by atoms with van der Waals surface area (Å²) < 4.78 is 0. The van der Waals surface area contributed by atoms with Crippen LogP contribution in [0.3, 0.4) is 0 Å². The van der Waals surface area contributed by atoms with Crippen LogP contribution in [0.1, 0.15) is 24.8 Å². The van der Waals surface area contributed by atoms with Gasteiger partial charge in [0.25, 0.3) is 0 Å². The second-order valence-electron chi connectivity index (χ2n) is 6.21. The summed E-state index contributed by atoms with van der Waals surface area (Å²) in [4.78, 5) is 7.32. The largest absolute Gasteiger partial charge is 0.302 e. The first-order valence-corrected chi connectivity index (χ1v) is 7.60. The third-order valence-electron chi connectivity index (χ3n) is 5.01. The minimum atomic E-state index is 0.389. The van der Waals surface area contributed by atoms with Gasteiger partial charge in [0.15, 0.2) is 0 Å². The normalized spacial score (nSPS) is 28.5. The number of fused-ring (bicyclic) bond motifs is 2. The maximum Gasteiger partial charge on any atom is 0.0702 e. The molecule has 4 rings (SSSR count). The summed E-state index contributed by atoms with van der Waals surface area (Å²) in [6.07, 6.45) is 6.09. The molecule has 0 radical (unpaired) electrons. The molecule has 3 heterocycles. The van der Waals surface area contributed by atoms with Gasteiger partial charge in [-0.25, -0.2) is 0 Å². The van der Waals surface area contributed by atoms with Crippen molar-refractivity contribution in [3.8, 4) is 11.3 Å². The van der Waals surface area contributed by atoms with E-state index in [9.17, 15) is 0 Å². The third-order valence-corrected chi connectivity index (χ3v) is 5.01. The van der Waals surface area contributed by atoms with E-state index in [1.807, 2.05) is 6.07 Å². The Balaban J connectivity index is 1.65. The van der Waals surface area contributed by atoms with Crippen LogP contribution in [0.15, 0.2) is 48.7 Å². The van der Waals surface area contributed by atoms with Crippen LogP contribution in [0, 0.1) is 0 Å². The fourth-order valence-corrected chi connectivity index (χ4v) is 3.86. The number of hydrogen-bond donors (Lipinski definition) is 0. The number of piperidine rings is 1. The van der Waals surface area contributed by atoms with Crippen molar-refractivity contribution in [2.45, 2.75) is 24.7 Å². The fourth-order valence-electron chi connectivity index (χ4n) is 3.86. The lowest BCUT2D eigenvalue weighted by atomic mass is 9.75. The number of pyridine rings is 1. The van der Waals surface area contributed by atoms with Crippen molar-refractivity contribution in [3.63, 3.8) is 0 Å². The summed E-state index contributed by atoms with van der Waals surface area (Å²) in [6, 6.07) is 14.9. The molecular weight excluding hydrogens is 244 g/mol. The second-order valence-corrected chi connectivity index (χ2v) is 6.21. The Morgan fingerprint density at radius 1 is 0.950 bits per heavy atom. The Bertz CT molecular complexity index is 587. The zero-order valence-corrected chi connectivity index (χ0v) is 11.8. The lowest BCUT2D eigenvalue weighted by Gasteiger charge is -2.34. The van der Waals surface area contributed by atoms with E-state index in [1.54, 1.807) is 0 Å². The molecule has 1 aromatic carbocycles. The predicted molar refractivity (Wildman–Crippen MR) is 81.6 cm³/mol. The maximum atomic E-state index is 4.72. The molecule has 2 aliphatic heterocycles. The highest BCUT2D eigenvalue weighted by atomic mass is 15.2. The van der Waals surface area contributed by atoms with Crippen molar-refractivity contribution < 1.29 is 0 Å². The molecule has 2 aromatic rings. The van der Waals surface area contributed by atoms with Gasteiger partial charge in [-0.05, 0) is 44.0 Å². The van der Waals surface area contributed by atoms with Crippen LogP contribution in [0.5, 0.6) is 0 Å². The van der Waals surface area contributed by atoms with Gasteiger partial charge in [-0.2, -0.15) is 0 Å². The van der Waals surface area contributed by atoms with Crippen molar-refractivity contribution in [2.24, 2.45) is 0 Å². The highest BCUT2D eigenvalue weighted by molar-refractivity contribution is 5.58. The molecule has 0 aliphatic carbocycles. The molecule has 2 heteroatoms. The monoisotopic (exact) mass is 264 g/mol. The number of hydrogen-bond acceptors (Lipinski definition) is 2. The number of nitrogens with zero attached hydrogens (tertiary/aromatic N) is 2. The molecule has 2 nitrogen and oxygen atoms in total. The molecule has 0 amide bonds. The van der Waals surface area contributed by atoms with E-state index < -0.39 is 0 Å². The molecule has 2 bridgehead atoms. The van der Waals surface area contributed by atoms with Crippen LogP contribution in [0.2, 0.25) is 0 Å². The van der Waals surface area contributed by atoms with Crippen molar-refractivity contribution in [1.82, 2.24) is 9.88 Å². The highest BCUT2D eigenvalue weighted by Crippen LogP contribution is 2.41. The smallest absolute Gasteiger partial charge is 0.0702 e. The molecule has 2 fully saturated rings. The van der Waals surface area contributed by atoms with Gasteiger partial charge >= 0.3 is 0 Å². The van der Waals surface area contributed by atoms with Crippen LogP contribution in [0.25, 0.3) is 11.3 Å². The molecule has 1 aromatic heterocycles. The molecule has 2 atom stereocenters. The Hall–Kier alpha value is -1.67. The molecule has 2 aliphatic rings. The first kappa shape index (κ1) is 12.1. The SMILES string of the molecule is c1ccc(-c2ccc(C34CCCN(CC3)C4)cn2)cc1. The summed E-state index contributed by atoms with van der Waals surface area (Å²) in [5.74, 6) is 0. The lowest BCUT2D eigenvalue weighted by molar-refractivity contribution is 0.243. The molecule has 20 heavy (non-hydrogen) atoms. The van der Waals surface area contributed by atoms with Gasteiger partial charge in [0.1, 0.15) is 0 Å². The maximum absolute atomic E-state index is 4.72. The summed E-state index contributed by atoms with van der Waals surface area (Å²) in [6.45, 7) is 3.79. The average molecular weight is 264 g/mol. The van der Waals surface area contributed by atoms with E-state index in [0.29, 0.717) is 5.41 Å². The van der Waals surface area contributed by atoms with Crippen molar-refractivity contribution >= 4 is 0 Å². The van der Waals surface area contributed by atoms with E-state index in [1.165, 1.54) is 50.0 Å². The van der Waals surface area contributed by atoms with Gasteiger partial charge in [0.05, 0.1) is 5.69 Å². The van der Waals surface area contributed by atoms with Gasteiger partial charge in [0.2, 0.25) is 0 Å². The van der Waals surface area contributed by atoms with Crippen LogP contribution in [-0.4, -0.2) is 29.5 Å². The average Bonchev–Trinajstić information content (AvgIpc) is 2.84. The van der Waals surface area contributed by atoms with E-state index in [-0.39, 0.29) is 0 Å². The number of rotatable bonds is 2. The first-order chi connectivity index (χ1) is 9.86. The van der Waals surface area contributed by atoms with Gasteiger partial charge in [-0.3, -0.25) is 4.98 Å². The molecule has 102 valence electrons. The van der Waals surface area contributed by atoms with Gasteiger partial charge < -0.3 is 4.90 Å². The van der Waals surface area contributed by atoms with Crippen molar-refractivity contribution in [1.29, 1.82) is 0 Å².